The highest BCUT2D eigenvalue weighted by Crippen LogP contribution is 2.30. The topological polar surface area (TPSA) is 27.6 Å². The monoisotopic (exact) mass is 473 g/mol. The molecule has 0 spiro atoms. The minimum Gasteiger partial charge on any atom is -0.284 e. The van der Waals surface area contributed by atoms with Crippen LogP contribution in [0.4, 0.5) is 4.39 Å². The molecule has 0 saturated carbocycles. The molecule has 1 aliphatic carbocycles. The van der Waals surface area contributed by atoms with Gasteiger partial charge in [-0.15, -0.1) is 0 Å². The molecule has 1 atom stereocenters. The highest BCUT2D eigenvalue weighted by atomic mass is 19.1. The van der Waals surface area contributed by atoms with Crippen LogP contribution in [0.15, 0.2) is 71.6 Å². The van der Waals surface area contributed by atoms with Gasteiger partial charge in [0.15, 0.2) is 0 Å². The summed E-state index contributed by atoms with van der Waals surface area (Å²) in [7, 11) is 0. The maximum atomic E-state index is 14.8. The Balaban J connectivity index is 1.84. The smallest absolute Gasteiger partial charge is 0.128 e. The second kappa shape index (κ2) is 12.6. The number of aliphatic imine (C=N–C) groups is 1. The summed E-state index contributed by atoms with van der Waals surface area (Å²) in [6.45, 7) is 17.0. The first-order chi connectivity index (χ1) is 16.8. The summed E-state index contributed by atoms with van der Waals surface area (Å²) >= 11 is 0. The fourth-order valence-corrected chi connectivity index (χ4v) is 4.75. The van der Waals surface area contributed by atoms with Gasteiger partial charge in [0.05, 0.1) is 5.70 Å². The summed E-state index contributed by atoms with van der Waals surface area (Å²) < 4.78 is 14.8. The standard InChI is InChI=1S/C31H40FN3/c1-7-8-10-23(4)25-13-15-27(16-14-25)29(19-33-6)24(5)35(21-22(2)3)34-20-30-28-12-9-11-26(28)17-18-31(30)32/h13-19,21,23,34H,5-12,20H2,1-4H3/b29-19+. The summed E-state index contributed by atoms with van der Waals surface area (Å²) in [5.41, 5.74) is 11.6. The predicted octanol–water partition coefficient (Wildman–Crippen LogP) is 8.09. The number of hydrogen-bond donors (Lipinski definition) is 1. The Labute approximate surface area is 211 Å². The van der Waals surface area contributed by atoms with Gasteiger partial charge in [-0.2, -0.15) is 0 Å². The number of halogens is 1. The molecule has 0 amide bonds. The molecule has 0 radical (unpaired) electrons. The van der Waals surface area contributed by atoms with Gasteiger partial charge in [-0.1, -0.05) is 69.2 Å². The normalized spacial score (nSPS) is 13.8. The summed E-state index contributed by atoms with van der Waals surface area (Å²) in [6, 6.07) is 12.2. The third-order valence-electron chi connectivity index (χ3n) is 6.76. The number of nitrogens with one attached hydrogen (secondary N) is 1. The lowest BCUT2D eigenvalue weighted by molar-refractivity contribution is 0.339. The zero-order chi connectivity index (χ0) is 25.4. The van der Waals surface area contributed by atoms with Crippen molar-refractivity contribution < 1.29 is 4.39 Å². The van der Waals surface area contributed by atoms with Gasteiger partial charge in [-0.3, -0.25) is 10.0 Å². The van der Waals surface area contributed by atoms with E-state index >= 15 is 0 Å². The molecule has 35 heavy (non-hydrogen) atoms. The van der Waals surface area contributed by atoms with Gasteiger partial charge in [0, 0.05) is 30.1 Å². The summed E-state index contributed by atoms with van der Waals surface area (Å²) in [4.78, 5) is 4.06. The van der Waals surface area contributed by atoms with E-state index in [1.54, 1.807) is 12.3 Å². The third-order valence-corrected chi connectivity index (χ3v) is 6.76. The van der Waals surface area contributed by atoms with Crippen molar-refractivity contribution in [3.63, 3.8) is 0 Å². The van der Waals surface area contributed by atoms with E-state index < -0.39 is 0 Å². The molecule has 3 nitrogen and oxygen atoms in total. The van der Waals surface area contributed by atoms with E-state index in [9.17, 15) is 4.39 Å². The fourth-order valence-electron chi connectivity index (χ4n) is 4.75. The number of nitrogens with zero attached hydrogens (tertiary/aromatic N) is 2. The Morgan fingerprint density at radius 3 is 2.57 bits per heavy atom. The molecule has 2 aromatic rings. The van der Waals surface area contributed by atoms with Gasteiger partial charge in [0.1, 0.15) is 5.82 Å². The molecule has 2 aromatic carbocycles. The Bertz CT molecular complexity index is 1090. The molecule has 0 fully saturated rings. The van der Waals surface area contributed by atoms with Crippen LogP contribution in [0.25, 0.3) is 5.57 Å². The molecule has 1 unspecified atom stereocenters. The molecule has 3 rings (SSSR count). The molecule has 1 aliphatic rings. The average Bonchev–Trinajstić information content (AvgIpc) is 3.33. The molecule has 0 bridgehead atoms. The predicted molar refractivity (Wildman–Crippen MR) is 148 cm³/mol. The summed E-state index contributed by atoms with van der Waals surface area (Å²) in [5, 5.41) is 1.89. The molecular formula is C31H40FN3. The molecule has 0 aliphatic heterocycles. The second-order valence-corrected chi connectivity index (χ2v) is 9.77. The van der Waals surface area contributed by atoms with Crippen LogP contribution in [0, 0.1) is 5.82 Å². The van der Waals surface area contributed by atoms with Crippen LogP contribution in [0.2, 0.25) is 0 Å². The maximum absolute atomic E-state index is 14.8. The van der Waals surface area contributed by atoms with Crippen molar-refractivity contribution in [1.29, 1.82) is 0 Å². The van der Waals surface area contributed by atoms with E-state index in [-0.39, 0.29) is 5.82 Å². The first kappa shape index (κ1) is 26.6. The second-order valence-electron chi connectivity index (χ2n) is 9.77. The molecule has 4 heteroatoms. The van der Waals surface area contributed by atoms with Crippen LogP contribution < -0.4 is 5.43 Å². The van der Waals surface area contributed by atoms with Crippen molar-refractivity contribution >= 4 is 12.3 Å². The van der Waals surface area contributed by atoms with Crippen molar-refractivity contribution in [1.82, 2.24) is 10.4 Å². The van der Waals surface area contributed by atoms with Gasteiger partial charge in [0.25, 0.3) is 0 Å². The molecule has 186 valence electrons. The van der Waals surface area contributed by atoms with Crippen molar-refractivity contribution in [2.75, 3.05) is 0 Å². The zero-order valence-corrected chi connectivity index (χ0v) is 21.8. The van der Waals surface area contributed by atoms with Gasteiger partial charge in [0.2, 0.25) is 0 Å². The fraction of sp³-hybridized carbons (Fsp3) is 0.387. The van der Waals surface area contributed by atoms with Crippen LogP contribution in [-0.2, 0) is 19.4 Å². The highest BCUT2D eigenvalue weighted by Gasteiger charge is 2.20. The van der Waals surface area contributed by atoms with Crippen LogP contribution in [0.3, 0.4) is 0 Å². The Hall–Kier alpha value is -2.98. The Morgan fingerprint density at radius 2 is 1.91 bits per heavy atom. The molecule has 0 aromatic heterocycles. The van der Waals surface area contributed by atoms with Crippen molar-refractivity contribution in [2.24, 2.45) is 4.99 Å². The number of rotatable bonds is 12. The lowest BCUT2D eigenvalue weighted by atomic mass is 9.93. The maximum Gasteiger partial charge on any atom is 0.128 e. The van der Waals surface area contributed by atoms with Crippen LogP contribution in [0.1, 0.15) is 87.1 Å². The van der Waals surface area contributed by atoms with Crippen molar-refractivity contribution in [2.45, 2.75) is 78.7 Å². The minimum atomic E-state index is -0.155. The molecular weight excluding hydrogens is 433 g/mol. The van der Waals surface area contributed by atoms with Gasteiger partial charge in [-0.05, 0) is 80.5 Å². The van der Waals surface area contributed by atoms with Gasteiger partial charge >= 0.3 is 0 Å². The van der Waals surface area contributed by atoms with E-state index in [1.165, 1.54) is 30.4 Å². The van der Waals surface area contributed by atoms with Gasteiger partial charge in [-0.25, -0.2) is 9.82 Å². The number of benzene rings is 2. The average molecular weight is 474 g/mol. The van der Waals surface area contributed by atoms with Crippen molar-refractivity contribution in [3.05, 3.63) is 100 Å². The van der Waals surface area contributed by atoms with Gasteiger partial charge < -0.3 is 0 Å². The number of allylic oxidation sites excluding steroid dienone is 2. The lowest BCUT2D eigenvalue weighted by Crippen LogP contribution is -2.33. The minimum absolute atomic E-state index is 0.155. The molecule has 1 N–H and O–H groups in total. The summed E-state index contributed by atoms with van der Waals surface area (Å²) in [6.07, 6.45) is 10.4. The highest BCUT2D eigenvalue weighted by molar-refractivity contribution is 5.78. The quantitative estimate of drug-likeness (QED) is 0.192. The van der Waals surface area contributed by atoms with E-state index in [0.29, 0.717) is 12.5 Å². The summed E-state index contributed by atoms with van der Waals surface area (Å²) in [5.74, 6) is 0.376. The van der Waals surface area contributed by atoms with E-state index in [1.807, 2.05) is 31.1 Å². The van der Waals surface area contributed by atoms with E-state index in [0.717, 1.165) is 52.8 Å². The van der Waals surface area contributed by atoms with Crippen LogP contribution in [-0.4, -0.2) is 11.7 Å². The van der Waals surface area contributed by atoms with Crippen LogP contribution in [0.5, 0.6) is 0 Å². The Kier molecular flexibility index (Phi) is 9.62. The first-order valence-electron chi connectivity index (χ1n) is 12.8. The number of unbranched alkanes of at least 4 members (excludes halogenated alkanes) is 1. The zero-order valence-electron chi connectivity index (χ0n) is 21.8. The van der Waals surface area contributed by atoms with E-state index in [2.05, 4.69) is 61.8 Å². The number of hydrogen-bond acceptors (Lipinski definition) is 3. The number of aryl methyl sites for hydroxylation is 1. The number of hydrazine groups is 1. The van der Waals surface area contributed by atoms with E-state index in [4.69, 9.17) is 0 Å². The van der Waals surface area contributed by atoms with Crippen molar-refractivity contribution in [3.8, 4) is 0 Å². The largest absolute Gasteiger partial charge is 0.284 e. The molecule has 0 saturated heterocycles. The lowest BCUT2D eigenvalue weighted by Gasteiger charge is -2.27. The number of fused-ring (bicyclic) bond motifs is 1. The SMILES string of the molecule is C=N/C=C(\C(=C)N(C=C(C)C)NCc1c(F)ccc2c1CCC2)c1ccc(C(C)CCCC)cc1. The van der Waals surface area contributed by atoms with Crippen LogP contribution >= 0.6 is 0 Å². The Morgan fingerprint density at radius 1 is 1.17 bits per heavy atom. The third kappa shape index (κ3) is 6.79. The first-order valence-corrected chi connectivity index (χ1v) is 12.8. The molecule has 0 heterocycles.